The molecule has 3 rings (SSSR count). The Morgan fingerprint density at radius 1 is 1.10 bits per heavy atom. The first kappa shape index (κ1) is 13.7. The van der Waals surface area contributed by atoms with Crippen molar-refractivity contribution in [3.63, 3.8) is 0 Å². The molecule has 0 saturated carbocycles. The maximum atomic E-state index is 6.12. The molecule has 1 N–H and O–H groups in total. The maximum Gasteiger partial charge on any atom is 0.0645 e. The summed E-state index contributed by atoms with van der Waals surface area (Å²) in [7, 11) is 0. The summed E-state index contributed by atoms with van der Waals surface area (Å²) >= 11 is 6.12. The second-order valence-corrected chi connectivity index (χ2v) is 5.30. The average molecular weight is 298 g/mol. The Morgan fingerprint density at radius 3 is 2.71 bits per heavy atom. The Bertz CT molecular complexity index is 735. The zero-order valence-corrected chi connectivity index (χ0v) is 12.5. The van der Waals surface area contributed by atoms with E-state index >= 15 is 0 Å². The zero-order valence-electron chi connectivity index (χ0n) is 11.8. The summed E-state index contributed by atoms with van der Waals surface area (Å²) < 4.78 is 1.88. The minimum atomic E-state index is 0.716. The zero-order chi connectivity index (χ0) is 14.7. The highest BCUT2D eigenvalue weighted by molar-refractivity contribution is 6.31. The lowest BCUT2D eigenvalue weighted by Gasteiger charge is -2.09. The predicted molar refractivity (Wildman–Crippen MR) is 87.1 cm³/mol. The largest absolute Gasteiger partial charge is 0.381 e. The number of hydrogen-bond donors (Lipinski definition) is 1. The molecule has 0 radical (unpaired) electrons. The van der Waals surface area contributed by atoms with Crippen LogP contribution in [0.1, 0.15) is 11.1 Å². The number of halogens is 1. The Kier molecular flexibility index (Phi) is 3.93. The van der Waals surface area contributed by atoms with Gasteiger partial charge in [0.2, 0.25) is 0 Å². The Hall–Kier alpha value is -2.26. The number of nitrogens with zero attached hydrogens (tertiary/aromatic N) is 2. The molecule has 0 aliphatic rings. The second-order valence-electron chi connectivity index (χ2n) is 4.89. The first-order valence-electron chi connectivity index (χ1n) is 6.82. The van der Waals surface area contributed by atoms with Gasteiger partial charge in [0.1, 0.15) is 0 Å². The summed E-state index contributed by atoms with van der Waals surface area (Å²) in [5.41, 5.74) is 4.30. The number of benzene rings is 2. The number of rotatable bonds is 4. The molecule has 0 aliphatic carbocycles. The van der Waals surface area contributed by atoms with E-state index in [9.17, 15) is 0 Å². The van der Waals surface area contributed by atoms with Gasteiger partial charge in [-0.25, -0.2) is 4.68 Å². The lowest BCUT2D eigenvalue weighted by Crippen LogP contribution is -2.00. The van der Waals surface area contributed by atoms with Gasteiger partial charge in [-0.1, -0.05) is 35.9 Å². The number of nitrogens with one attached hydrogen (secondary N) is 1. The Balaban J connectivity index is 1.72. The molecule has 4 heteroatoms. The third-order valence-electron chi connectivity index (χ3n) is 3.41. The van der Waals surface area contributed by atoms with Crippen molar-refractivity contribution in [3.8, 4) is 5.69 Å². The molecule has 0 bridgehead atoms. The fraction of sp³-hybridized carbons (Fsp3) is 0.118. The molecule has 21 heavy (non-hydrogen) atoms. The van der Waals surface area contributed by atoms with Crippen molar-refractivity contribution in [1.29, 1.82) is 0 Å². The van der Waals surface area contributed by atoms with E-state index in [2.05, 4.69) is 10.4 Å². The number of anilines is 1. The minimum Gasteiger partial charge on any atom is -0.381 e. The summed E-state index contributed by atoms with van der Waals surface area (Å²) in [5, 5.41) is 8.56. The maximum absolute atomic E-state index is 6.12. The molecule has 0 unspecified atom stereocenters. The Labute approximate surface area is 129 Å². The molecule has 2 aromatic carbocycles. The lowest BCUT2D eigenvalue weighted by molar-refractivity contribution is 0.880. The van der Waals surface area contributed by atoms with E-state index in [0.29, 0.717) is 6.54 Å². The van der Waals surface area contributed by atoms with Crippen LogP contribution in [0.3, 0.4) is 0 Å². The van der Waals surface area contributed by atoms with Crippen LogP contribution in [0.5, 0.6) is 0 Å². The van der Waals surface area contributed by atoms with E-state index in [-0.39, 0.29) is 0 Å². The monoisotopic (exact) mass is 297 g/mol. The molecular weight excluding hydrogens is 282 g/mol. The third kappa shape index (κ3) is 3.09. The van der Waals surface area contributed by atoms with Crippen molar-refractivity contribution in [1.82, 2.24) is 9.78 Å². The van der Waals surface area contributed by atoms with Gasteiger partial charge < -0.3 is 5.32 Å². The average Bonchev–Trinajstić information content (AvgIpc) is 2.99. The molecule has 0 saturated heterocycles. The minimum absolute atomic E-state index is 0.716. The van der Waals surface area contributed by atoms with Crippen molar-refractivity contribution in [3.05, 3.63) is 77.1 Å². The van der Waals surface area contributed by atoms with Gasteiger partial charge in [-0.05, 0) is 36.8 Å². The normalized spacial score (nSPS) is 10.6. The quantitative estimate of drug-likeness (QED) is 0.771. The van der Waals surface area contributed by atoms with Crippen molar-refractivity contribution in [2.45, 2.75) is 13.5 Å². The van der Waals surface area contributed by atoms with Crippen LogP contribution in [-0.4, -0.2) is 9.78 Å². The van der Waals surface area contributed by atoms with E-state index < -0.39 is 0 Å². The SMILES string of the molecule is Cc1c(Cl)cccc1NCc1cnn(-c2ccccc2)c1. The van der Waals surface area contributed by atoms with Crippen LogP contribution < -0.4 is 5.32 Å². The molecule has 0 aliphatic heterocycles. The molecule has 1 aromatic heterocycles. The van der Waals surface area contributed by atoms with Gasteiger partial charge in [-0.3, -0.25) is 0 Å². The summed E-state index contributed by atoms with van der Waals surface area (Å²) in [6.45, 7) is 2.73. The summed E-state index contributed by atoms with van der Waals surface area (Å²) in [5.74, 6) is 0. The van der Waals surface area contributed by atoms with Crippen LogP contribution in [0.25, 0.3) is 5.69 Å². The van der Waals surface area contributed by atoms with Crippen LogP contribution in [-0.2, 0) is 6.54 Å². The van der Waals surface area contributed by atoms with Gasteiger partial charge in [0, 0.05) is 29.0 Å². The van der Waals surface area contributed by atoms with Crippen LogP contribution in [0.2, 0.25) is 5.02 Å². The van der Waals surface area contributed by atoms with Gasteiger partial charge in [0.25, 0.3) is 0 Å². The van der Waals surface area contributed by atoms with Crippen molar-refractivity contribution >= 4 is 17.3 Å². The second kappa shape index (κ2) is 6.02. The van der Waals surface area contributed by atoms with E-state index in [1.807, 2.05) is 72.5 Å². The van der Waals surface area contributed by atoms with Crippen LogP contribution >= 0.6 is 11.6 Å². The lowest BCUT2D eigenvalue weighted by atomic mass is 10.2. The van der Waals surface area contributed by atoms with Gasteiger partial charge in [0.15, 0.2) is 0 Å². The summed E-state index contributed by atoms with van der Waals surface area (Å²) in [6, 6.07) is 16.0. The van der Waals surface area contributed by atoms with E-state index in [1.54, 1.807) is 0 Å². The summed E-state index contributed by atoms with van der Waals surface area (Å²) in [6.07, 6.45) is 3.90. The number of aromatic nitrogens is 2. The molecule has 0 spiro atoms. The number of hydrogen-bond acceptors (Lipinski definition) is 2. The molecule has 3 aromatic rings. The molecular formula is C17H16ClN3. The molecule has 0 amide bonds. The standard InChI is InChI=1S/C17H16ClN3/c1-13-16(18)8-5-9-17(13)19-10-14-11-20-21(12-14)15-6-3-2-4-7-15/h2-9,11-12,19H,10H2,1H3. The van der Waals surface area contributed by atoms with Gasteiger partial charge in [-0.2, -0.15) is 5.10 Å². The van der Waals surface area contributed by atoms with Gasteiger partial charge in [0.05, 0.1) is 11.9 Å². The smallest absolute Gasteiger partial charge is 0.0645 e. The van der Waals surface area contributed by atoms with Crippen LogP contribution in [0.15, 0.2) is 60.9 Å². The third-order valence-corrected chi connectivity index (χ3v) is 3.82. The molecule has 3 nitrogen and oxygen atoms in total. The van der Waals surface area contributed by atoms with Crippen molar-refractivity contribution in [2.24, 2.45) is 0 Å². The fourth-order valence-electron chi connectivity index (χ4n) is 2.17. The van der Waals surface area contributed by atoms with Crippen LogP contribution in [0, 0.1) is 6.92 Å². The fourth-order valence-corrected chi connectivity index (χ4v) is 2.34. The highest BCUT2D eigenvalue weighted by atomic mass is 35.5. The summed E-state index contributed by atoms with van der Waals surface area (Å²) in [4.78, 5) is 0. The topological polar surface area (TPSA) is 29.9 Å². The van der Waals surface area contributed by atoms with Gasteiger partial charge >= 0.3 is 0 Å². The van der Waals surface area contributed by atoms with Crippen molar-refractivity contribution in [2.75, 3.05) is 5.32 Å². The molecule has 0 atom stereocenters. The molecule has 0 fully saturated rings. The molecule has 1 heterocycles. The Morgan fingerprint density at radius 2 is 1.90 bits per heavy atom. The highest BCUT2D eigenvalue weighted by Crippen LogP contribution is 2.23. The van der Waals surface area contributed by atoms with Gasteiger partial charge in [-0.15, -0.1) is 0 Å². The first-order valence-corrected chi connectivity index (χ1v) is 7.20. The predicted octanol–water partition coefficient (Wildman–Crippen LogP) is 4.45. The highest BCUT2D eigenvalue weighted by Gasteiger charge is 2.04. The van der Waals surface area contributed by atoms with E-state index in [4.69, 9.17) is 11.6 Å². The number of para-hydroxylation sites is 1. The molecule has 106 valence electrons. The van der Waals surface area contributed by atoms with Crippen molar-refractivity contribution < 1.29 is 0 Å². The van der Waals surface area contributed by atoms with E-state index in [1.165, 1.54) is 0 Å². The first-order chi connectivity index (χ1) is 10.2. The van der Waals surface area contributed by atoms with Crippen LogP contribution in [0.4, 0.5) is 5.69 Å². The van der Waals surface area contributed by atoms with E-state index in [0.717, 1.165) is 27.5 Å².